The Morgan fingerprint density at radius 1 is 1.08 bits per heavy atom. The number of thiol groups is 1. The third-order valence-corrected chi connectivity index (χ3v) is 6.00. The van der Waals surface area contributed by atoms with E-state index in [1.807, 2.05) is 0 Å². The molecule has 3 rings (SSSR count). The summed E-state index contributed by atoms with van der Waals surface area (Å²) in [7, 11) is -3.92. The van der Waals surface area contributed by atoms with Crippen molar-refractivity contribution in [2.45, 2.75) is 9.60 Å². The number of carbonyl (C=O) groups excluding carboxylic acids is 1. The van der Waals surface area contributed by atoms with Crippen LogP contribution in [0.15, 0.2) is 76.5 Å². The number of hydrogen-bond donors (Lipinski definition) is 2. The average Bonchev–Trinajstić information content (AvgIpc) is 2.94. The molecule has 0 saturated carbocycles. The Morgan fingerprint density at radius 3 is 2.46 bits per heavy atom. The van der Waals surface area contributed by atoms with E-state index < -0.39 is 10.1 Å². The van der Waals surface area contributed by atoms with Crippen LogP contribution in [0.1, 0.15) is 5.56 Å². The van der Waals surface area contributed by atoms with Gasteiger partial charge in [0.25, 0.3) is 5.91 Å². The SMILES string of the molecule is O=C1NC(S)S/C1=C\C=C/c1ccccc1OS(=O)(=O)c1ccccc1. The predicted molar refractivity (Wildman–Crippen MR) is 106 cm³/mol. The third kappa shape index (κ3) is 4.51. The Labute approximate surface area is 161 Å². The van der Waals surface area contributed by atoms with Crippen LogP contribution < -0.4 is 9.50 Å². The molecule has 1 unspecified atom stereocenters. The molecule has 0 aliphatic carbocycles. The summed E-state index contributed by atoms with van der Waals surface area (Å²) in [5.41, 5.74) is 0.578. The molecular formula is C18H15NO4S3. The van der Waals surface area contributed by atoms with Crippen molar-refractivity contribution in [1.29, 1.82) is 0 Å². The van der Waals surface area contributed by atoms with Gasteiger partial charge in [0.1, 0.15) is 15.4 Å². The van der Waals surface area contributed by atoms with E-state index in [4.69, 9.17) is 4.18 Å². The van der Waals surface area contributed by atoms with Crippen LogP contribution in [0.2, 0.25) is 0 Å². The number of para-hydroxylation sites is 1. The standard InChI is InChI=1S/C18H15NO4S3/c20-17-16(25-18(24)19-17)12-6-8-13-7-4-5-11-15(13)23-26(21,22)14-9-2-1-3-10-14/h1-12,18,24H,(H,19,20)/b8-6-,16-12-. The summed E-state index contributed by atoms with van der Waals surface area (Å²) in [5.74, 6) is 0.0254. The number of amides is 1. The maximum Gasteiger partial charge on any atom is 0.339 e. The Morgan fingerprint density at radius 2 is 1.77 bits per heavy atom. The minimum Gasteiger partial charge on any atom is -0.378 e. The maximum atomic E-state index is 12.4. The molecule has 0 aromatic heterocycles. The lowest BCUT2D eigenvalue weighted by Crippen LogP contribution is -2.19. The zero-order valence-electron chi connectivity index (χ0n) is 13.4. The maximum absolute atomic E-state index is 12.4. The van der Waals surface area contributed by atoms with E-state index in [1.54, 1.807) is 60.7 Å². The average molecular weight is 406 g/mol. The van der Waals surface area contributed by atoms with Gasteiger partial charge in [0, 0.05) is 5.56 Å². The van der Waals surface area contributed by atoms with Crippen LogP contribution in [0.3, 0.4) is 0 Å². The number of benzene rings is 2. The molecule has 1 atom stereocenters. The third-order valence-electron chi connectivity index (χ3n) is 3.39. The van der Waals surface area contributed by atoms with Gasteiger partial charge in [0.15, 0.2) is 0 Å². The highest BCUT2D eigenvalue weighted by atomic mass is 32.2. The topological polar surface area (TPSA) is 72.5 Å². The van der Waals surface area contributed by atoms with Gasteiger partial charge in [-0.05, 0) is 24.3 Å². The van der Waals surface area contributed by atoms with Gasteiger partial charge >= 0.3 is 10.1 Å². The zero-order valence-corrected chi connectivity index (χ0v) is 15.9. The molecule has 8 heteroatoms. The minimum atomic E-state index is -3.92. The van der Waals surface area contributed by atoms with E-state index in [0.717, 1.165) is 0 Å². The Balaban J connectivity index is 1.82. The van der Waals surface area contributed by atoms with Gasteiger partial charge in [-0.1, -0.05) is 60.3 Å². The highest BCUT2D eigenvalue weighted by molar-refractivity contribution is 8.14. The number of nitrogens with one attached hydrogen (secondary N) is 1. The summed E-state index contributed by atoms with van der Waals surface area (Å²) < 4.78 is 29.8. The second kappa shape index (κ2) is 8.03. The van der Waals surface area contributed by atoms with E-state index in [0.29, 0.717) is 10.5 Å². The number of thioether (sulfide) groups is 1. The summed E-state index contributed by atoms with van der Waals surface area (Å²) in [6, 6.07) is 14.7. The van der Waals surface area contributed by atoms with Crippen LogP contribution >= 0.6 is 24.4 Å². The lowest BCUT2D eigenvalue weighted by Gasteiger charge is -2.09. The van der Waals surface area contributed by atoms with E-state index in [-0.39, 0.29) is 21.3 Å². The molecule has 5 nitrogen and oxygen atoms in total. The highest BCUT2D eigenvalue weighted by Crippen LogP contribution is 2.29. The van der Waals surface area contributed by atoms with Crippen molar-refractivity contribution < 1.29 is 17.4 Å². The van der Waals surface area contributed by atoms with Crippen molar-refractivity contribution in [3.8, 4) is 5.75 Å². The fourth-order valence-electron chi connectivity index (χ4n) is 2.19. The van der Waals surface area contributed by atoms with Crippen LogP contribution in [-0.4, -0.2) is 19.0 Å². The molecule has 1 saturated heterocycles. The monoisotopic (exact) mass is 405 g/mol. The molecule has 2 aromatic rings. The van der Waals surface area contributed by atoms with Crippen LogP contribution in [-0.2, 0) is 14.9 Å². The number of allylic oxidation sites excluding steroid dienone is 2. The van der Waals surface area contributed by atoms with Crippen molar-refractivity contribution in [1.82, 2.24) is 5.32 Å². The van der Waals surface area contributed by atoms with E-state index in [9.17, 15) is 13.2 Å². The second-order valence-corrected chi connectivity index (χ2v) is 8.78. The van der Waals surface area contributed by atoms with Crippen LogP contribution in [0.5, 0.6) is 5.75 Å². The summed E-state index contributed by atoms with van der Waals surface area (Å²) in [6.45, 7) is 0. The van der Waals surface area contributed by atoms with Crippen LogP contribution in [0.25, 0.3) is 6.08 Å². The molecule has 26 heavy (non-hydrogen) atoms. The smallest absolute Gasteiger partial charge is 0.339 e. The fraction of sp³-hybridized carbons (Fsp3) is 0.0556. The summed E-state index contributed by atoms with van der Waals surface area (Å²) in [5, 5.41) is 2.66. The quantitative estimate of drug-likeness (QED) is 0.453. The molecule has 0 bridgehead atoms. The number of rotatable bonds is 5. The van der Waals surface area contributed by atoms with E-state index in [1.165, 1.54) is 23.9 Å². The molecular weight excluding hydrogens is 390 g/mol. The summed E-state index contributed by atoms with van der Waals surface area (Å²) in [6.07, 6.45) is 5.01. The first-order valence-electron chi connectivity index (χ1n) is 7.58. The lowest BCUT2D eigenvalue weighted by atomic mass is 10.2. The fourth-order valence-corrected chi connectivity index (χ4v) is 4.35. The first-order chi connectivity index (χ1) is 12.5. The molecule has 1 fully saturated rings. The number of hydrogen-bond acceptors (Lipinski definition) is 6. The van der Waals surface area contributed by atoms with Gasteiger partial charge < -0.3 is 9.50 Å². The molecule has 1 heterocycles. The largest absolute Gasteiger partial charge is 0.378 e. The molecule has 0 radical (unpaired) electrons. The van der Waals surface area contributed by atoms with Crippen LogP contribution in [0, 0.1) is 0 Å². The van der Waals surface area contributed by atoms with Crippen molar-refractivity contribution in [3.63, 3.8) is 0 Å². The Kier molecular flexibility index (Phi) is 5.75. The summed E-state index contributed by atoms with van der Waals surface area (Å²) >= 11 is 5.49. The first-order valence-corrected chi connectivity index (χ1v) is 10.4. The molecule has 134 valence electrons. The molecule has 0 spiro atoms. The van der Waals surface area contributed by atoms with Gasteiger partial charge in [-0.3, -0.25) is 4.79 Å². The molecule has 1 N–H and O–H groups in total. The van der Waals surface area contributed by atoms with Crippen molar-refractivity contribution in [3.05, 3.63) is 77.2 Å². The van der Waals surface area contributed by atoms with Crippen molar-refractivity contribution in [2.75, 3.05) is 0 Å². The van der Waals surface area contributed by atoms with Crippen LogP contribution in [0.4, 0.5) is 0 Å². The van der Waals surface area contributed by atoms with Gasteiger partial charge in [0.2, 0.25) is 0 Å². The van der Waals surface area contributed by atoms with Crippen molar-refractivity contribution >= 4 is 46.5 Å². The van der Waals surface area contributed by atoms with Gasteiger partial charge in [-0.25, -0.2) is 0 Å². The molecule has 2 aromatic carbocycles. The van der Waals surface area contributed by atoms with Crippen molar-refractivity contribution in [2.24, 2.45) is 0 Å². The minimum absolute atomic E-state index is 0.0831. The molecule has 1 amide bonds. The molecule has 1 aliphatic rings. The Hall–Kier alpha value is -2.16. The predicted octanol–water partition coefficient (Wildman–Crippen LogP) is 3.43. The number of carbonyl (C=O) groups is 1. The van der Waals surface area contributed by atoms with E-state index >= 15 is 0 Å². The molecule has 1 aliphatic heterocycles. The van der Waals surface area contributed by atoms with Gasteiger partial charge in [0.05, 0.1) is 4.91 Å². The highest BCUT2D eigenvalue weighted by Gasteiger charge is 2.23. The van der Waals surface area contributed by atoms with Gasteiger partial charge in [-0.15, -0.1) is 12.6 Å². The first kappa shape index (κ1) is 18.6. The lowest BCUT2D eigenvalue weighted by molar-refractivity contribution is -0.116. The zero-order chi connectivity index (χ0) is 18.6. The normalized spacial score (nSPS) is 19.0. The summed E-state index contributed by atoms with van der Waals surface area (Å²) in [4.78, 5) is 12.3. The Bertz CT molecular complexity index is 969. The van der Waals surface area contributed by atoms with Gasteiger partial charge in [-0.2, -0.15) is 8.42 Å². The van der Waals surface area contributed by atoms with E-state index in [2.05, 4.69) is 17.9 Å². The second-order valence-electron chi connectivity index (χ2n) is 5.22.